The monoisotopic (exact) mass is 485 g/mol. The van der Waals surface area contributed by atoms with Gasteiger partial charge in [0.25, 0.3) is 10.0 Å². The lowest BCUT2D eigenvalue weighted by Crippen LogP contribution is -2.26. The van der Waals surface area contributed by atoms with E-state index >= 15 is 0 Å². The van der Waals surface area contributed by atoms with Gasteiger partial charge in [-0.3, -0.25) is 9.10 Å². The molecule has 0 spiro atoms. The summed E-state index contributed by atoms with van der Waals surface area (Å²) in [6.45, 7) is -0.454. The Morgan fingerprint density at radius 3 is 1.97 bits per heavy atom. The summed E-state index contributed by atoms with van der Waals surface area (Å²) in [6.07, 6.45) is 0. The molecule has 4 aromatic carbocycles. The standard InChI is InChI=1S/C28H23NO5S/c1-29(25-12-6-3-7-13-25)35(32,33)26-14-8-11-24(19-26)28(31)34-20-27(30)23-17-15-22(16-18-23)21-9-4-2-5-10-21/h2-19H,20H2,1H3. The van der Waals surface area contributed by atoms with E-state index in [0.717, 1.165) is 15.4 Å². The molecule has 7 heteroatoms. The Bertz CT molecular complexity index is 1430. The minimum atomic E-state index is -3.89. The van der Waals surface area contributed by atoms with E-state index in [2.05, 4.69) is 0 Å². The Labute approximate surface area is 204 Å². The Balaban J connectivity index is 1.42. The lowest BCUT2D eigenvalue weighted by molar-refractivity contribution is 0.0474. The van der Waals surface area contributed by atoms with E-state index < -0.39 is 22.6 Å². The van der Waals surface area contributed by atoms with Gasteiger partial charge in [0.15, 0.2) is 12.4 Å². The fourth-order valence-corrected chi connectivity index (χ4v) is 4.74. The number of benzene rings is 4. The average molecular weight is 486 g/mol. The van der Waals surface area contributed by atoms with Crippen molar-refractivity contribution in [1.29, 1.82) is 0 Å². The number of ketones is 1. The SMILES string of the molecule is CN(c1ccccc1)S(=O)(=O)c1cccc(C(=O)OCC(=O)c2ccc(-c3ccccc3)cc2)c1. The Morgan fingerprint density at radius 2 is 1.31 bits per heavy atom. The maximum atomic E-state index is 13.0. The Hall–Kier alpha value is -4.23. The summed E-state index contributed by atoms with van der Waals surface area (Å²) in [6, 6.07) is 31.0. The van der Waals surface area contributed by atoms with Crippen molar-refractivity contribution >= 4 is 27.5 Å². The third-order valence-corrected chi connectivity index (χ3v) is 7.28. The van der Waals surface area contributed by atoms with Crippen LogP contribution >= 0.6 is 0 Å². The van der Waals surface area contributed by atoms with Crippen LogP contribution in [0.25, 0.3) is 11.1 Å². The molecule has 4 rings (SSSR count). The quantitative estimate of drug-likeness (QED) is 0.253. The summed E-state index contributed by atoms with van der Waals surface area (Å²) in [5.41, 5.74) is 2.95. The number of rotatable bonds is 8. The number of nitrogens with zero attached hydrogens (tertiary/aromatic N) is 1. The van der Waals surface area contributed by atoms with Gasteiger partial charge in [-0.15, -0.1) is 0 Å². The topological polar surface area (TPSA) is 80.8 Å². The molecule has 0 aliphatic heterocycles. The molecule has 0 amide bonds. The third-order valence-electron chi connectivity index (χ3n) is 5.50. The van der Waals surface area contributed by atoms with Crippen molar-refractivity contribution in [2.45, 2.75) is 4.90 Å². The molecule has 0 bridgehead atoms. The number of sulfonamides is 1. The second-order valence-corrected chi connectivity index (χ2v) is 9.75. The van der Waals surface area contributed by atoms with Crippen LogP contribution in [0, 0.1) is 0 Å². The molecule has 0 atom stereocenters. The van der Waals surface area contributed by atoms with Gasteiger partial charge in [0.2, 0.25) is 0 Å². The first kappa shape index (κ1) is 23.9. The molecule has 0 unspecified atom stereocenters. The molecule has 0 saturated heterocycles. The first-order valence-corrected chi connectivity index (χ1v) is 12.3. The van der Waals surface area contributed by atoms with Crippen molar-refractivity contribution < 1.29 is 22.7 Å². The third kappa shape index (κ3) is 5.47. The van der Waals surface area contributed by atoms with Crippen LogP contribution in [-0.4, -0.2) is 33.8 Å². The number of Topliss-reactive ketones (excluding diaryl/α,β-unsaturated/α-hetero) is 1. The molecule has 35 heavy (non-hydrogen) atoms. The van der Waals surface area contributed by atoms with E-state index in [1.807, 2.05) is 42.5 Å². The zero-order chi connectivity index (χ0) is 24.8. The van der Waals surface area contributed by atoms with Crippen LogP contribution in [0.3, 0.4) is 0 Å². The van der Waals surface area contributed by atoms with Gasteiger partial charge in [-0.05, 0) is 41.5 Å². The van der Waals surface area contributed by atoms with Gasteiger partial charge in [0.05, 0.1) is 16.1 Å². The van der Waals surface area contributed by atoms with Gasteiger partial charge in [-0.1, -0.05) is 78.9 Å². The van der Waals surface area contributed by atoms with Gasteiger partial charge < -0.3 is 4.74 Å². The molecular formula is C28H23NO5S. The predicted octanol–water partition coefficient (Wildman–Crippen LogP) is 5.22. The number of carbonyl (C=O) groups excluding carboxylic acids is 2. The molecule has 0 aliphatic rings. The van der Waals surface area contributed by atoms with Crippen LogP contribution in [0.15, 0.2) is 114 Å². The van der Waals surface area contributed by atoms with Crippen LogP contribution in [0.2, 0.25) is 0 Å². The lowest BCUT2D eigenvalue weighted by atomic mass is 10.0. The van der Waals surface area contributed by atoms with E-state index in [1.165, 1.54) is 31.3 Å². The highest BCUT2D eigenvalue weighted by Crippen LogP contribution is 2.23. The first-order valence-electron chi connectivity index (χ1n) is 10.9. The van der Waals surface area contributed by atoms with Crippen LogP contribution in [-0.2, 0) is 14.8 Å². The second kappa shape index (κ2) is 10.4. The summed E-state index contributed by atoms with van der Waals surface area (Å²) in [5, 5.41) is 0. The van der Waals surface area contributed by atoms with Crippen molar-refractivity contribution in [3.63, 3.8) is 0 Å². The fraction of sp³-hybridized carbons (Fsp3) is 0.0714. The maximum absolute atomic E-state index is 13.0. The second-order valence-electron chi connectivity index (χ2n) is 7.78. The highest BCUT2D eigenvalue weighted by Gasteiger charge is 2.23. The summed E-state index contributed by atoms with van der Waals surface area (Å²) in [5.74, 6) is -1.13. The summed E-state index contributed by atoms with van der Waals surface area (Å²) >= 11 is 0. The van der Waals surface area contributed by atoms with Crippen molar-refractivity contribution in [3.05, 3.63) is 120 Å². The largest absolute Gasteiger partial charge is 0.454 e. The van der Waals surface area contributed by atoms with Crippen molar-refractivity contribution in [1.82, 2.24) is 0 Å². The summed E-state index contributed by atoms with van der Waals surface area (Å²) in [4.78, 5) is 25.0. The van der Waals surface area contributed by atoms with Crippen molar-refractivity contribution in [3.8, 4) is 11.1 Å². The molecule has 0 fully saturated rings. The molecule has 176 valence electrons. The number of anilines is 1. The number of hydrogen-bond acceptors (Lipinski definition) is 5. The van der Waals surface area contributed by atoms with Gasteiger partial charge in [-0.2, -0.15) is 0 Å². The molecule has 0 radical (unpaired) electrons. The van der Waals surface area contributed by atoms with Gasteiger partial charge in [-0.25, -0.2) is 13.2 Å². The van der Waals surface area contributed by atoms with Crippen molar-refractivity contribution in [2.75, 3.05) is 18.0 Å². The lowest BCUT2D eigenvalue weighted by Gasteiger charge is -2.19. The van der Waals surface area contributed by atoms with E-state index in [-0.39, 0.29) is 16.2 Å². The average Bonchev–Trinajstić information content (AvgIpc) is 2.92. The van der Waals surface area contributed by atoms with E-state index in [9.17, 15) is 18.0 Å². The maximum Gasteiger partial charge on any atom is 0.338 e. The van der Waals surface area contributed by atoms with E-state index in [4.69, 9.17) is 4.74 Å². The van der Waals surface area contributed by atoms with Gasteiger partial charge >= 0.3 is 5.97 Å². The van der Waals surface area contributed by atoms with Gasteiger partial charge in [0.1, 0.15) is 0 Å². The molecule has 0 N–H and O–H groups in total. The highest BCUT2D eigenvalue weighted by molar-refractivity contribution is 7.92. The van der Waals surface area contributed by atoms with Gasteiger partial charge in [0, 0.05) is 12.6 Å². The molecule has 0 saturated carbocycles. The number of para-hydroxylation sites is 1. The zero-order valence-electron chi connectivity index (χ0n) is 19.0. The van der Waals surface area contributed by atoms with Crippen LogP contribution in [0.1, 0.15) is 20.7 Å². The molecule has 4 aromatic rings. The predicted molar refractivity (Wildman–Crippen MR) is 135 cm³/mol. The summed E-state index contributed by atoms with van der Waals surface area (Å²) < 4.78 is 32.3. The number of esters is 1. The van der Waals surface area contributed by atoms with E-state index in [0.29, 0.717) is 11.3 Å². The molecule has 0 heterocycles. The normalized spacial score (nSPS) is 11.0. The zero-order valence-corrected chi connectivity index (χ0v) is 19.8. The van der Waals surface area contributed by atoms with Crippen LogP contribution in [0.5, 0.6) is 0 Å². The Morgan fingerprint density at radius 1 is 0.714 bits per heavy atom. The first-order chi connectivity index (χ1) is 16.9. The minimum absolute atomic E-state index is 0.0414. The smallest absolute Gasteiger partial charge is 0.338 e. The van der Waals surface area contributed by atoms with Crippen LogP contribution < -0.4 is 4.31 Å². The van der Waals surface area contributed by atoms with Crippen LogP contribution in [0.4, 0.5) is 5.69 Å². The molecular weight excluding hydrogens is 462 g/mol. The molecule has 0 aliphatic carbocycles. The fourth-order valence-electron chi connectivity index (χ4n) is 3.50. The Kier molecular flexibility index (Phi) is 7.08. The van der Waals surface area contributed by atoms with E-state index in [1.54, 1.807) is 42.5 Å². The molecule has 0 aromatic heterocycles. The minimum Gasteiger partial charge on any atom is -0.454 e. The highest BCUT2D eigenvalue weighted by atomic mass is 32.2. The molecule has 6 nitrogen and oxygen atoms in total. The summed E-state index contributed by atoms with van der Waals surface area (Å²) in [7, 11) is -2.45. The number of ether oxygens (including phenoxy) is 1. The number of hydrogen-bond donors (Lipinski definition) is 0. The van der Waals surface area contributed by atoms with Crippen molar-refractivity contribution in [2.24, 2.45) is 0 Å². The number of carbonyl (C=O) groups is 2.